The molecular formula is C16H13N3O3S. The van der Waals surface area contributed by atoms with Gasteiger partial charge in [0.1, 0.15) is 10.6 Å². The first kappa shape index (κ1) is 15.1. The number of ether oxygens (including phenoxy) is 2. The van der Waals surface area contributed by atoms with Crippen LogP contribution in [0.15, 0.2) is 43.0 Å². The maximum atomic E-state index is 11.6. The molecule has 0 bridgehead atoms. The van der Waals surface area contributed by atoms with Crippen LogP contribution in [0.1, 0.15) is 14.5 Å². The molecule has 0 unspecified atom stereocenters. The van der Waals surface area contributed by atoms with Gasteiger partial charge in [-0.15, -0.1) is 11.3 Å². The fraction of sp³-hybridized carbons (Fsp3) is 0.125. The van der Waals surface area contributed by atoms with Gasteiger partial charge in [0.05, 0.1) is 25.7 Å². The van der Waals surface area contributed by atoms with Crippen molar-refractivity contribution in [3.63, 3.8) is 0 Å². The van der Waals surface area contributed by atoms with E-state index in [4.69, 9.17) is 9.47 Å². The van der Waals surface area contributed by atoms with Gasteiger partial charge in [0, 0.05) is 16.6 Å². The van der Waals surface area contributed by atoms with Crippen LogP contribution in [0.4, 0.5) is 0 Å². The monoisotopic (exact) mass is 327 g/mol. The molecule has 3 rings (SSSR count). The van der Waals surface area contributed by atoms with Crippen LogP contribution in [-0.4, -0.2) is 28.0 Å². The number of nitrogens with zero attached hydrogens (tertiary/aromatic N) is 3. The molecule has 0 radical (unpaired) electrons. The topological polar surface area (TPSA) is 74.2 Å². The summed E-state index contributed by atoms with van der Waals surface area (Å²) in [6.07, 6.45) is 6.46. The van der Waals surface area contributed by atoms with E-state index >= 15 is 0 Å². The third kappa shape index (κ3) is 3.35. The van der Waals surface area contributed by atoms with Crippen molar-refractivity contribution in [1.82, 2.24) is 15.0 Å². The molecule has 0 aliphatic carbocycles. The highest BCUT2D eigenvalue weighted by molar-refractivity contribution is 7.14. The summed E-state index contributed by atoms with van der Waals surface area (Å²) < 4.78 is 10.3. The van der Waals surface area contributed by atoms with E-state index in [9.17, 15) is 4.79 Å². The Kier molecular flexibility index (Phi) is 4.29. The summed E-state index contributed by atoms with van der Waals surface area (Å²) in [5.41, 5.74) is 0.809. The number of rotatable bonds is 4. The maximum absolute atomic E-state index is 11.6. The largest absolute Gasteiger partial charge is 0.465 e. The van der Waals surface area contributed by atoms with Gasteiger partial charge in [-0.1, -0.05) is 0 Å². The Morgan fingerprint density at radius 2 is 1.96 bits per heavy atom. The van der Waals surface area contributed by atoms with Crippen molar-refractivity contribution in [2.45, 2.75) is 6.92 Å². The van der Waals surface area contributed by atoms with E-state index in [2.05, 4.69) is 15.0 Å². The fourth-order valence-electron chi connectivity index (χ4n) is 1.96. The van der Waals surface area contributed by atoms with Crippen LogP contribution >= 0.6 is 11.3 Å². The minimum Gasteiger partial charge on any atom is -0.465 e. The average molecular weight is 327 g/mol. The van der Waals surface area contributed by atoms with Gasteiger partial charge in [-0.05, 0) is 25.1 Å². The number of methoxy groups -OCH3 is 1. The highest BCUT2D eigenvalue weighted by Gasteiger charge is 2.15. The van der Waals surface area contributed by atoms with Gasteiger partial charge in [-0.25, -0.2) is 14.8 Å². The van der Waals surface area contributed by atoms with Gasteiger partial charge in [0.15, 0.2) is 11.6 Å². The number of aryl methyl sites for hydroxylation is 1. The lowest BCUT2D eigenvalue weighted by molar-refractivity contribution is 0.0606. The smallest absolute Gasteiger partial charge is 0.348 e. The summed E-state index contributed by atoms with van der Waals surface area (Å²) in [5.74, 6) is 1.31. The summed E-state index contributed by atoms with van der Waals surface area (Å²) in [6.45, 7) is 1.91. The third-order valence-electron chi connectivity index (χ3n) is 3.04. The highest BCUT2D eigenvalue weighted by atomic mass is 32.1. The molecule has 0 saturated carbocycles. The van der Waals surface area contributed by atoms with Gasteiger partial charge in [0.25, 0.3) is 0 Å². The Balaban J connectivity index is 1.82. The second kappa shape index (κ2) is 6.53. The number of hydrogen-bond acceptors (Lipinski definition) is 7. The summed E-state index contributed by atoms with van der Waals surface area (Å²) in [5, 5.41) is 0. The zero-order chi connectivity index (χ0) is 16.2. The number of carbonyl (C=O) groups excluding carboxylic acids is 1. The molecule has 0 fully saturated rings. The Hall–Kier alpha value is -2.80. The maximum Gasteiger partial charge on any atom is 0.348 e. The minimum atomic E-state index is -0.360. The van der Waals surface area contributed by atoms with E-state index in [0.29, 0.717) is 22.2 Å². The van der Waals surface area contributed by atoms with Crippen LogP contribution in [0.5, 0.6) is 11.5 Å². The Morgan fingerprint density at radius 1 is 1.17 bits per heavy atom. The molecule has 23 heavy (non-hydrogen) atoms. The molecule has 6 nitrogen and oxygen atoms in total. The molecule has 0 aliphatic heterocycles. The van der Waals surface area contributed by atoms with Crippen molar-refractivity contribution in [3.05, 3.63) is 52.7 Å². The second-order valence-corrected chi connectivity index (χ2v) is 5.86. The van der Waals surface area contributed by atoms with Crippen LogP contribution in [0.3, 0.4) is 0 Å². The van der Waals surface area contributed by atoms with Crippen LogP contribution in [0.2, 0.25) is 0 Å². The number of pyridine rings is 1. The van der Waals surface area contributed by atoms with Crippen molar-refractivity contribution in [1.29, 1.82) is 0 Å². The summed E-state index contributed by atoms with van der Waals surface area (Å²) in [7, 11) is 1.36. The highest BCUT2D eigenvalue weighted by Crippen LogP contribution is 2.30. The van der Waals surface area contributed by atoms with Crippen molar-refractivity contribution in [2.24, 2.45) is 0 Å². The van der Waals surface area contributed by atoms with E-state index in [0.717, 1.165) is 10.4 Å². The van der Waals surface area contributed by atoms with E-state index < -0.39 is 0 Å². The molecule has 0 aromatic carbocycles. The molecule has 0 spiro atoms. The quantitative estimate of drug-likeness (QED) is 0.683. The lowest BCUT2D eigenvalue weighted by Gasteiger charge is -2.04. The molecule has 3 aromatic rings. The van der Waals surface area contributed by atoms with Crippen molar-refractivity contribution in [3.8, 4) is 22.9 Å². The number of esters is 1. The van der Waals surface area contributed by atoms with Gasteiger partial charge in [0.2, 0.25) is 0 Å². The fourth-order valence-corrected chi connectivity index (χ4v) is 2.89. The first-order valence-electron chi connectivity index (χ1n) is 6.76. The van der Waals surface area contributed by atoms with Crippen LogP contribution in [0, 0.1) is 6.92 Å². The number of thiophene rings is 1. The molecule has 116 valence electrons. The molecule has 0 amide bonds. The predicted octanol–water partition coefficient (Wildman–Crippen LogP) is 3.49. The van der Waals surface area contributed by atoms with Gasteiger partial charge >= 0.3 is 5.97 Å². The van der Waals surface area contributed by atoms with Crippen LogP contribution in [-0.2, 0) is 4.74 Å². The van der Waals surface area contributed by atoms with Gasteiger partial charge in [-0.3, -0.25) is 4.98 Å². The molecule has 0 saturated heterocycles. The number of aromatic nitrogens is 3. The number of carbonyl (C=O) groups is 1. The lowest BCUT2D eigenvalue weighted by Crippen LogP contribution is -1.97. The van der Waals surface area contributed by atoms with Crippen molar-refractivity contribution >= 4 is 17.3 Å². The predicted molar refractivity (Wildman–Crippen MR) is 85.7 cm³/mol. The molecule has 3 aromatic heterocycles. The summed E-state index contributed by atoms with van der Waals surface area (Å²) >= 11 is 1.35. The Morgan fingerprint density at radius 3 is 2.61 bits per heavy atom. The molecule has 0 N–H and O–H groups in total. The second-order valence-electron chi connectivity index (χ2n) is 4.61. The van der Waals surface area contributed by atoms with E-state index in [1.807, 2.05) is 6.92 Å². The molecule has 3 heterocycles. The Bertz CT molecular complexity index is 816. The molecule has 0 atom stereocenters. The van der Waals surface area contributed by atoms with Crippen LogP contribution in [0.25, 0.3) is 11.4 Å². The normalized spacial score (nSPS) is 10.3. The first-order chi connectivity index (χ1) is 11.2. The molecule has 0 aliphatic rings. The molecular weight excluding hydrogens is 314 g/mol. The SMILES string of the molecule is COC(=O)c1cc(-c2ncc(Oc3cccnc3)cn2)c(C)s1. The van der Waals surface area contributed by atoms with Gasteiger partial charge in [-0.2, -0.15) is 0 Å². The average Bonchev–Trinajstić information content (AvgIpc) is 2.98. The standard InChI is InChI=1S/C16H13N3O3S/c1-10-13(6-14(23-10)16(20)21-2)15-18-8-12(9-19-15)22-11-4-3-5-17-7-11/h3-9H,1-2H3. The zero-order valence-electron chi connectivity index (χ0n) is 12.5. The van der Waals surface area contributed by atoms with E-state index in [-0.39, 0.29) is 5.97 Å². The van der Waals surface area contributed by atoms with Crippen LogP contribution < -0.4 is 4.74 Å². The zero-order valence-corrected chi connectivity index (χ0v) is 13.3. The lowest BCUT2D eigenvalue weighted by atomic mass is 10.2. The van der Waals surface area contributed by atoms with E-state index in [1.54, 1.807) is 43.0 Å². The number of hydrogen-bond donors (Lipinski definition) is 0. The summed E-state index contributed by atoms with van der Waals surface area (Å²) in [4.78, 5) is 25.6. The van der Waals surface area contributed by atoms with E-state index in [1.165, 1.54) is 18.4 Å². The molecule has 7 heteroatoms. The third-order valence-corrected chi connectivity index (χ3v) is 4.07. The van der Waals surface area contributed by atoms with Crippen molar-refractivity contribution < 1.29 is 14.3 Å². The van der Waals surface area contributed by atoms with Crippen molar-refractivity contribution in [2.75, 3.05) is 7.11 Å². The van der Waals surface area contributed by atoms with Gasteiger partial charge < -0.3 is 9.47 Å². The first-order valence-corrected chi connectivity index (χ1v) is 7.58. The minimum absolute atomic E-state index is 0.360. The summed E-state index contributed by atoms with van der Waals surface area (Å²) in [6, 6.07) is 5.32. The Labute approximate surface area is 136 Å².